The lowest BCUT2D eigenvalue weighted by atomic mass is 9.98. The van der Waals surface area contributed by atoms with Crippen molar-refractivity contribution in [3.63, 3.8) is 0 Å². The molecule has 1 fully saturated rings. The van der Waals surface area contributed by atoms with Crippen molar-refractivity contribution >= 4 is 11.9 Å². The molecule has 0 radical (unpaired) electrons. The lowest BCUT2D eigenvalue weighted by Crippen LogP contribution is -2.56. The zero-order chi connectivity index (χ0) is 12.5. The minimum Gasteiger partial charge on any atom is -0.480 e. The van der Waals surface area contributed by atoms with Crippen molar-refractivity contribution < 1.29 is 14.7 Å². The lowest BCUT2D eigenvalue weighted by Gasteiger charge is -2.34. The molecular formula is C11H20N2O3. The number of carboxylic acid groups (broad SMARTS) is 1. The average Bonchev–Trinajstić information content (AvgIpc) is 2.61. The van der Waals surface area contributed by atoms with Crippen LogP contribution in [0.4, 0.5) is 0 Å². The molecule has 92 valence electrons. The van der Waals surface area contributed by atoms with Gasteiger partial charge in [0, 0.05) is 7.05 Å². The second kappa shape index (κ2) is 4.41. The van der Waals surface area contributed by atoms with Crippen LogP contribution >= 0.6 is 0 Å². The van der Waals surface area contributed by atoms with Crippen molar-refractivity contribution in [3.8, 4) is 0 Å². The predicted octanol–water partition coefficient (Wildman–Crippen LogP) is 0.306. The van der Waals surface area contributed by atoms with E-state index in [0.29, 0.717) is 0 Å². The quantitative estimate of drug-likeness (QED) is 0.729. The monoisotopic (exact) mass is 228 g/mol. The van der Waals surface area contributed by atoms with E-state index in [1.165, 1.54) is 18.7 Å². The van der Waals surface area contributed by atoms with E-state index in [2.05, 4.69) is 5.32 Å². The summed E-state index contributed by atoms with van der Waals surface area (Å²) in [4.78, 5) is 24.5. The van der Waals surface area contributed by atoms with Crippen LogP contribution in [-0.4, -0.2) is 47.1 Å². The highest BCUT2D eigenvalue weighted by Gasteiger charge is 2.40. The number of hydrogen-bond acceptors (Lipinski definition) is 3. The molecule has 1 aliphatic heterocycles. The Hall–Kier alpha value is -1.10. The maximum atomic E-state index is 12.1. The minimum absolute atomic E-state index is 0.141. The maximum absolute atomic E-state index is 12.1. The van der Waals surface area contributed by atoms with Crippen molar-refractivity contribution in [1.82, 2.24) is 10.2 Å². The third-order valence-electron chi connectivity index (χ3n) is 3.49. The molecule has 16 heavy (non-hydrogen) atoms. The molecule has 0 spiro atoms. The number of amides is 1. The zero-order valence-corrected chi connectivity index (χ0v) is 10.3. The third kappa shape index (κ3) is 2.19. The van der Waals surface area contributed by atoms with Gasteiger partial charge >= 0.3 is 5.97 Å². The standard InChI is InChI=1S/C11H20N2O3/c1-7-5-6-12-8(7)9(14)13(4)11(2,3)10(15)16/h7-8,12H,5-6H2,1-4H3,(H,15,16). The Kier molecular flexibility index (Phi) is 3.57. The molecule has 5 nitrogen and oxygen atoms in total. The SMILES string of the molecule is CC1CCNC1C(=O)N(C)C(C)(C)C(=O)O. The molecule has 0 saturated carbocycles. The summed E-state index contributed by atoms with van der Waals surface area (Å²) in [6.45, 7) is 5.89. The number of carbonyl (C=O) groups is 2. The van der Waals surface area contributed by atoms with Crippen LogP contribution in [0.2, 0.25) is 0 Å². The second-order valence-electron chi connectivity index (χ2n) is 4.96. The largest absolute Gasteiger partial charge is 0.480 e. The number of hydrogen-bond donors (Lipinski definition) is 2. The number of aliphatic carboxylic acids is 1. The molecule has 2 unspecified atom stereocenters. The summed E-state index contributed by atoms with van der Waals surface area (Å²) >= 11 is 0. The molecule has 0 aromatic carbocycles. The molecule has 0 aliphatic carbocycles. The lowest BCUT2D eigenvalue weighted by molar-refractivity contribution is -0.156. The zero-order valence-electron chi connectivity index (χ0n) is 10.3. The van der Waals surface area contributed by atoms with Crippen LogP contribution in [0, 0.1) is 5.92 Å². The summed E-state index contributed by atoms with van der Waals surface area (Å²) in [5.41, 5.74) is -1.17. The van der Waals surface area contributed by atoms with E-state index in [1.807, 2.05) is 6.92 Å². The van der Waals surface area contributed by atoms with Gasteiger partial charge in [-0.05, 0) is 32.7 Å². The van der Waals surface area contributed by atoms with Gasteiger partial charge in [-0.1, -0.05) is 6.92 Å². The molecule has 1 saturated heterocycles. The first kappa shape index (κ1) is 13.0. The summed E-state index contributed by atoms with van der Waals surface area (Å²) in [6, 6.07) is -0.247. The second-order valence-corrected chi connectivity index (χ2v) is 4.96. The third-order valence-corrected chi connectivity index (χ3v) is 3.49. The number of rotatable bonds is 3. The van der Waals surface area contributed by atoms with Crippen LogP contribution in [0.25, 0.3) is 0 Å². The molecule has 1 rings (SSSR count). The van der Waals surface area contributed by atoms with Gasteiger partial charge in [-0.2, -0.15) is 0 Å². The van der Waals surface area contributed by atoms with Crippen molar-refractivity contribution in [3.05, 3.63) is 0 Å². The van der Waals surface area contributed by atoms with Gasteiger partial charge in [0.2, 0.25) is 5.91 Å². The Balaban J connectivity index is 2.78. The highest BCUT2D eigenvalue weighted by atomic mass is 16.4. The van der Waals surface area contributed by atoms with Crippen molar-refractivity contribution in [1.29, 1.82) is 0 Å². The predicted molar refractivity (Wildman–Crippen MR) is 60.1 cm³/mol. The van der Waals surface area contributed by atoms with Crippen LogP contribution < -0.4 is 5.32 Å². The van der Waals surface area contributed by atoms with Gasteiger partial charge in [-0.25, -0.2) is 4.79 Å². The smallest absolute Gasteiger partial charge is 0.329 e. The Morgan fingerprint density at radius 2 is 2.00 bits per heavy atom. The summed E-state index contributed by atoms with van der Waals surface area (Å²) in [6.07, 6.45) is 0.956. The Morgan fingerprint density at radius 1 is 1.44 bits per heavy atom. The highest BCUT2D eigenvalue weighted by molar-refractivity contribution is 5.89. The molecule has 0 aromatic rings. The van der Waals surface area contributed by atoms with E-state index >= 15 is 0 Å². The first-order valence-corrected chi connectivity index (χ1v) is 5.53. The Bertz CT molecular complexity index is 302. The molecule has 1 heterocycles. The topological polar surface area (TPSA) is 69.6 Å². The van der Waals surface area contributed by atoms with E-state index < -0.39 is 11.5 Å². The van der Waals surface area contributed by atoms with Gasteiger partial charge in [0.15, 0.2) is 0 Å². The van der Waals surface area contributed by atoms with Crippen LogP contribution in [-0.2, 0) is 9.59 Å². The Labute approximate surface area is 95.8 Å². The molecule has 0 aromatic heterocycles. The van der Waals surface area contributed by atoms with E-state index in [1.54, 1.807) is 7.05 Å². The Morgan fingerprint density at radius 3 is 2.38 bits per heavy atom. The number of nitrogens with one attached hydrogen (secondary N) is 1. The summed E-state index contributed by atoms with van der Waals surface area (Å²) in [5.74, 6) is -0.869. The number of carboxylic acids is 1. The van der Waals surface area contributed by atoms with E-state index in [0.717, 1.165) is 13.0 Å². The van der Waals surface area contributed by atoms with Gasteiger partial charge in [0.1, 0.15) is 5.54 Å². The fourth-order valence-corrected chi connectivity index (χ4v) is 1.79. The molecular weight excluding hydrogens is 208 g/mol. The molecule has 5 heteroatoms. The van der Waals surface area contributed by atoms with Gasteiger partial charge < -0.3 is 15.3 Å². The van der Waals surface area contributed by atoms with Crippen LogP contribution in [0.15, 0.2) is 0 Å². The van der Waals surface area contributed by atoms with E-state index in [4.69, 9.17) is 5.11 Å². The maximum Gasteiger partial charge on any atom is 0.329 e. The summed E-state index contributed by atoms with van der Waals surface area (Å²) in [5, 5.41) is 12.2. The highest BCUT2D eigenvalue weighted by Crippen LogP contribution is 2.20. The summed E-state index contributed by atoms with van der Waals surface area (Å²) < 4.78 is 0. The fraction of sp³-hybridized carbons (Fsp3) is 0.818. The van der Waals surface area contributed by atoms with Crippen molar-refractivity contribution in [2.75, 3.05) is 13.6 Å². The van der Waals surface area contributed by atoms with Crippen molar-refractivity contribution in [2.45, 2.75) is 38.8 Å². The molecule has 0 bridgehead atoms. The van der Waals surface area contributed by atoms with Gasteiger partial charge in [-0.3, -0.25) is 4.79 Å². The normalized spacial score (nSPS) is 25.5. The average molecular weight is 228 g/mol. The van der Waals surface area contributed by atoms with Crippen LogP contribution in [0.5, 0.6) is 0 Å². The summed E-state index contributed by atoms with van der Waals surface area (Å²) in [7, 11) is 1.54. The molecule has 1 amide bonds. The molecule has 2 N–H and O–H groups in total. The van der Waals surface area contributed by atoms with Crippen LogP contribution in [0.1, 0.15) is 27.2 Å². The van der Waals surface area contributed by atoms with Gasteiger partial charge in [-0.15, -0.1) is 0 Å². The van der Waals surface area contributed by atoms with Gasteiger partial charge in [0.25, 0.3) is 0 Å². The van der Waals surface area contributed by atoms with Gasteiger partial charge in [0.05, 0.1) is 6.04 Å². The van der Waals surface area contributed by atoms with E-state index in [9.17, 15) is 9.59 Å². The van der Waals surface area contributed by atoms with Crippen LogP contribution in [0.3, 0.4) is 0 Å². The minimum atomic E-state index is -1.17. The number of nitrogens with zero attached hydrogens (tertiary/aromatic N) is 1. The first-order valence-electron chi connectivity index (χ1n) is 5.53. The number of likely N-dealkylation sites (N-methyl/N-ethyl adjacent to an activating group) is 1. The van der Waals surface area contributed by atoms with Crippen molar-refractivity contribution in [2.24, 2.45) is 5.92 Å². The molecule has 2 atom stereocenters. The first-order chi connectivity index (χ1) is 7.28. The number of carbonyl (C=O) groups excluding carboxylic acids is 1. The van der Waals surface area contributed by atoms with E-state index in [-0.39, 0.29) is 17.9 Å². The fourth-order valence-electron chi connectivity index (χ4n) is 1.79. The molecule has 1 aliphatic rings.